The summed E-state index contributed by atoms with van der Waals surface area (Å²) in [6.45, 7) is 7.19. The van der Waals surface area contributed by atoms with Crippen LogP contribution < -0.4 is 0 Å². The van der Waals surface area contributed by atoms with E-state index in [1.54, 1.807) is 0 Å². The summed E-state index contributed by atoms with van der Waals surface area (Å²) in [5.74, 6) is 0. The topological polar surface area (TPSA) is 3.24 Å². The van der Waals surface area contributed by atoms with E-state index in [1.165, 1.54) is 89.9 Å². The number of hydrogen-bond donors (Lipinski definition) is 0. The van der Waals surface area contributed by atoms with Crippen LogP contribution in [0.25, 0.3) is 0 Å². The van der Waals surface area contributed by atoms with Crippen molar-refractivity contribution in [2.45, 2.75) is 122 Å². The molecule has 0 saturated heterocycles. The summed E-state index contributed by atoms with van der Waals surface area (Å²) in [7, 11) is 2.43. The molecular formula is C20H41N. The molecule has 0 amide bonds. The second-order valence-corrected chi connectivity index (χ2v) is 7.67. The van der Waals surface area contributed by atoms with Gasteiger partial charge in [0.2, 0.25) is 0 Å². The Morgan fingerprint density at radius 3 is 1.71 bits per heavy atom. The van der Waals surface area contributed by atoms with Crippen molar-refractivity contribution < 1.29 is 0 Å². The first kappa shape index (κ1) is 19.0. The first-order valence-corrected chi connectivity index (χ1v) is 9.87. The molecule has 1 nitrogen and oxygen atoms in total. The zero-order chi connectivity index (χ0) is 15.6. The minimum atomic E-state index is 0.455. The molecule has 1 rings (SSSR count). The lowest BCUT2D eigenvalue weighted by molar-refractivity contribution is 0.0666. The van der Waals surface area contributed by atoms with Crippen molar-refractivity contribution in [3.63, 3.8) is 0 Å². The molecule has 21 heavy (non-hydrogen) atoms. The van der Waals surface area contributed by atoms with Crippen molar-refractivity contribution in [2.24, 2.45) is 0 Å². The van der Waals surface area contributed by atoms with Gasteiger partial charge in [0, 0.05) is 11.6 Å². The maximum Gasteiger partial charge on any atom is 0.0181 e. The van der Waals surface area contributed by atoms with E-state index in [-0.39, 0.29) is 0 Å². The van der Waals surface area contributed by atoms with Crippen LogP contribution >= 0.6 is 0 Å². The molecule has 0 aliphatic heterocycles. The molecule has 0 atom stereocenters. The number of rotatable bonds is 12. The SMILES string of the molecule is CCCCCCC(C)(CCCCCC)N(C)C1CCCC1. The Labute approximate surface area is 134 Å². The van der Waals surface area contributed by atoms with Crippen LogP contribution in [0.15, 0.2) is 0 Å². The quantitative estimate of drug-likeness (QED) is 0.368. The van der Waals surface area contributed by atoms with Crippen LogP contribution in [0.2, 0.25) is 0 Å². The molecule has 0 spiro atoms. The highest BCUT2D eigenvalue weighted by Crippen LogP contribution is 2.34. The molecule has 0 N–H and O–H groups in total. The van der Waals surface area contributed by atoms with E-state index in [9.17, 15) is 0 Å². The molecular weight excluding hydrogens is 254 g/mol. The second-order valence-electron chi connectivity index (χ2n) is 7.67. The summed E-state index contributed by atoms with van der Waals surface area (Å²) in [6.07, 6.45) is 19.9. The Morgan fingerprint density at radius 1 is 0.810 bits per heavy atom. The lowest BCUT2D eigenvalue weighted by atomic mass is 9.85. The van der Waals surface area contributed by atoms with E-state index in [2.05, 4.69) is 32.7 Å². The summed E-state index contributed by atoms with van der Waals surface area (Å²) in [5, 5.41) is 0. The van der Waals surface area contributed by atoms with Gasteiger partial charge in [0.25, 0.3) is 0 Å². The fraction of sp³-hybridized carbons (Fsp3) is 1.00. The highest BCUT2D eigenvalue weighted by Gasteiger charge is 2.33. The summed E-state index contributed by atoms with van der Waals surface area (Å²) < 4.78 is 0. The Balaban J connectivity index is 2.49. The standard InChI is InChI=1S/C20H41N/c1-5-7-9-13-17-20(3,18-14-10-8-6-2)21(4)19-15-11-12-16-19/h19H,5-18H2,1-4H3. The van der Waals surface area contributed by atoms with Gasteiger partial charge in [-0.2, -0.15) is 0 Å². The van der Waals surface area contributed by atoms with Gasteiger partial charge in [0.1, 0.15) is 0 Å². The van der Waals surface area contributed by atoms with Gasteiger partial charge >= 0.3 is 0 Å². The summed E-state index contributed by atoms with van der Waals surface area (Å²) in [5.41, 5.74) is 0.455. The van der Waals surface area contributed by atoms with Gasteiger partial charge in [-0.1, -0.05) is 78.1 Å². The first-order valence-electron chi connectivity index (χ1n) is 9.87. The second kappa shape index (κ2) is 10.6. The number of nitrogens with zero attached hydrogens (tertiary/aromatic N) is 1. The smallest absolute Gasteiger partial charge is 0.0181 e. The van der Waals surface area contributed by atoms with E-state index in [1.807, 2.05) is 0 Å². The van der Waals surface area contributed by atoms with E-state index < -0.39 is 0 Å². The Bertz CT molecular complexity index is 230. The largest absolute Gasteiger partial charge is 0.298 e. The van der Waals surface area contributed by atoms with Gasteiger partial charge in [-0.3, -0.25) is 4.90 Å². The average molecular weight is 296 g/mol. The highest BCUT2D eigenvalue weighted by molar-refractivity contribution is 4.90. The minimum absolute atomic E-state index is 0.455. The Hall–Kier alpha value is -0.0400. The molecule has 1 fully saturated rings. The summed E-state index contributed by atoms with van der Waals surface area (Å²) in [4.78, 5) is 2.79. The predicted octanol–water partition coefficient (Wildman–Crippen LogP) is 6.56. The fourth-order valence-corrected chi connectivity index (χ4v) is 4.08. The van der Waals surface area contributed by atoms with Crippen LogP contribution in [0, 0.1) is 0 Å². The van der Waals surface area contributed by atoms with Gasteiger partial charge in [0.05, 0.1) is 0 Å². The normalized spacial score (nSPS) is 17.0. The van der Waals surface area contributed by atoms with Gasteiger partial charge in [0.15, 0.2) is 0 Å². The van der Waals surface area contributed by atoms with Crippen LogP contribution in [0.3, 0.4) is 0 Å². The van der Waals surface area contributed by atoms with Crippen LogP contribution in [0.1, 0.15) is 111 Å². The van der Waals surface area contributed by atoms with Crippen molar-refractivity contribution in [2.75, 3.05) is 7.05 Å². The predicted molar refractivity (Wildman–Crippen MR) is 95.9 cm³/mol. The molecule has 1 saturated carbocycles. The van der Waals surface area contributed by atoms with Crippen molar-refractivity contribution in [3.8, 4) is 0 Å². The van der Waals surface area contributed by atoms with E-state index >= 15 is 0 Å². The first-order chi connectivity index (χ1) is 10.1. The van der Waals surface area contributed by atoms with Crippen LogP contribution in [-0.2, 0) is 0 Å². The third-order valence-corrected chi connectivity index (χ3v) is 5.86. The van der Waals surface area contributed by atoms with Crippen molar-refractivity contribution in [3.05, 3.63) is 0 Å². The molecule has 0 aromatic carbocycles. The van der Waals surface area contributed by atoms with Crippen LogP contribution in [-0.4, -0.2) is 23.5 Å². The molecule has 0 heterocycles. The number of unbranched alkanes of at least 4 members (excludes halogenated alkanes) is 6. The lowest BCUT2D eigenvalue weighted by Crippen LogP contribution is -2.48. The van der Waals surface area contributed by atoms with Crippen LogP contribution in [0.5, 0.6) is 0 Å². The van der Waals surface area contributed by atoms with E-state index in [0.717, 1.165) is 6.04 Å². The zero-order valence-corrected chi connectivity index (χ0v) is 15.4. The molecule has 1 aliphatic rings. The monoisotopic (exact) mass is 295 g/mol. The minimum Gasteiger partial charge on any atom is -0.298 e. The molecule has 0 radical (unpaired) electrons. The van der Waals surface area contributed by atoms with Gasteiger partial charge in [-0.05, 0) is 39.7 Å². The van der Waals surface area contributed by atoms with Crippen molar-refractivity contribution in [1.29, 1.82) is 0 Å². The molecule has 0 aromatic heterocycles. The van der Waals surface area contributed by atoms with Crippen molar-refractivity contribution >= 4 is 0 Å². The van der Waals surface area contributed by atoms with Gasteiger partial charge < -0.3 is 0 Å². The van der Waals surface area contributed by atoms with Crippen LogP contribution in [0.4, 0.5) is 0 Å². The fourth-order valence-electron chi connectivity index (χ4n) is 4.08. The zero-order valence-electron chi connectivity index (χ0n) is 15.4. The maximum absolute atomic E-state index is 2.79. The Morgan fingerprint density at radius 2 is 1.29 bits per heavy atom. The van der Waals surface area contributed by atoms with Crippen molar-refractivity contribution in [1.82, 2.24) is 4.90 Å². The molecule has 1 heteroatoms. The molecule has 0 aromatic rings. The molecule has 0 unspecified atom stereocenters. The average Bonchev–Trinajstić information content (AvgIpc) is 3.01. The molecule has 0 bridgehead atoms. The summed E-state index contributed by atoms with van der Waals surface area (Å²) >= 11 is 0. The third-order valence-electron chi connectivity index (χ3n) is 5.86. The van der Waals surface area contributed by atoms with Gasteiger partial charge in [-0.15, -0.1) is 0 Å². The van der Waals surface area contributed by atoms with Gasteiger partial charge in [-0.25, -0.2) is 0 Å². The highest BCUT2D eigenvalue weighted by atomic mass is 15.2. The van der Waals surface area contributed by atoms with E-state index in [0.29, 0.717) is 5.54 Å². The molecule has 1 aliphatic carbocycles. The molecule has 126 valence electrons. The number of hydrogen-bond acceptors (Lipinski definition) is 1. The third kappa shape index (κ3) is 6.72. The maximum atomic E-state index is 2.79. The Kier molecular flexibility index (Phi) is 9.64. The lowest BCUT2D eigenvalue weighted by Gasteiger charge is -2.43. The van der Waals surface area contributed by atoms with E-state index in [4.69, 9.17) is 0 Å². The summed E-state index contributed by atoms with van der Waals surface area (Å²) in [6, 6.07) is 0.868.